The highest BCUT2D eigenvalue weighted by atomic mass is 32.2. The summed E-state index contributed by atoms with van der Waals surface area (Å²) in [5, 5.41) is 0. The van der Waals surface area contributed by atoms with Gasteiger partial charge >= 0.3 is 0 Å². The molecule has 3 heterocycles. The van der Waals surface area contributed by atoms with Crippen LogP contribution in [-0.4, -0.2) is 37.8 Å². The van der Waals surface area contributed by atoms with Crippen LogP contribution < -0.4 is 4.90 Å². The number of nitrogens with zero attached hydrogens (tertiary/aromatic N) is 2. The maximum absolute atomic E-state index is 13.1. The topological polar surface area (TPSA) is 57.7 Å². The molecule has 124 valence electrons. The quantitative estimate of drug-likeness (QED) is 0.832. The molecule has 0 N–H and O–H groups in total. The molecule has 1 amide bonds. The predicted molar refractivity (Wildman–Crippen MR) is 88.0 cm³/mol. The fraction of sp³-hybridized carbons (Fsp3) is 0.588. The van der Waals surface area contributed by atoms with E-state index in [-0.39, 0.29) is 11.9 Å². The van der Waals surface area contributed by atoms with Crippen LogP contribution in [0.4, 0.5) is 5.69 Å². The molecular formula is C17H22N2O3S. The summed E-state index contributed by atoms with van der Waals surface area (Å²) in [7, 11) is -3.44. The molecule has 1 aromatic rings. The molecule has 0 saturated carbocycles. The van der Waals surface area contributed by atoms with Gasteiger partial charge in [-0.1, -0.05) is 6.42 Å². The van der Waals surface area contributed by atoms with E-state index in [0.29, 0.717) is 30.8 Å². The van der Waals surface area contributed by atoms with Gasteiger partial charge in [0.15, 0.2) is 0 Å². The lowest BCUT2D eigenvalue weighted by molar-refractivity contribution is -0.118. The summed E-state index contributed by atoms with van der Waals surface area (Å²) in [5.74, 6) is 0.163. The summed E-state index contributed by atoms with van der Waals surface area (Å²) >= 11 is 0. The predicted octanol–water partition coefficient (Wildman–Crippen LogP) is 2.08. The number of hydrogen-bond donors (Lipinski definition) is 0. The summed E-state index contributed by atoms with van der Waals surface area (Å²) < 4.78 is 27.8. The van der Waals surface area contributed by atoms with Crippen LogP contribution in [-0.2, 0) is 27.7 Å². The van der Waals surface area contributed by atoms with Gasteiger partial charge < -0.3 is 4.90 Å². The average molecular weight is 334 g/mol. The molecule has 0 spiro atoms. The second-order valence-electron chi connectivity index (χ2n) is 6.85. The highest BCUT2D eigenvalue weighted by molar-refractivity contribution is 7.89. The summed E-state index contributed by atoms with van der Waals surface area (Å²) in [6.07, 6.45) is 4.85. The molecule has 3 aliphatic rings. The molecule has 1 saturated heterocycles. The summed E-state index contributed by atoms with van der Waals surface area (Å²) in [6.45, 7) is 3.29. The first-order valence-corrected chi connectivity index (χ1v) is 9.90. The number of hydrogen-bond acceptors (Lipinski definition) is 3. The van der Waals surface area contributed by atoms with Gasteiger partial charge in [-0.15, -0.1) is 0 Å². The van der Waals surface area contributed by atoms with Gasteiger partial charge in [-0.25, -0.2) is 8.42 Å². The van der Waals surface area contributed by atoms with E-state index >= 15 is 0 Å². The van der Waals surface area contributed by atoms with Crippen molar-refractivity contribution in [2.75, 3.05) is 18.0 Å². The van der Waals surface area contributed by atoms with Crippen LogP contribution in [0.3, 0.4) is 0 Å². The van der Waals surface area contributed by atoms with E-state index in [2.05, 4.69) is 0 Å². The Balaban J connectivity index is 1.78. The fourth-order valence-electron chi connectivity index (χ4n) is 4.14. The van der Waals surface area contributed by atoms with Crippen molar-refractivity contribution in [2.45, 2.75) is 56.4 Å². The molecule has 5 nitrogen and oxygen atoms in total. The number of aryl methyl sites for hydroxylation is 1. The van der Waals surface area contributed by atoms with Crippen LogP contribution in [0.2, 0.25) is 0 Å². The van der Waals surface area contributed by atoms with Gasteiger partial charge in [0, 0.05) is 25.6 Å². The van der Waals surface area contributed by atoms with Gasteiger partial charge in [0.2, 0.25) is 15.9 Å². The van der Waals surface area contributed by atoms with Crippen molar-refractivity contribution >= 4 is 21.6 Å². The van der Waals surface area contributed by atoms with E-state index in [9.17, 15) is 13.2 Å². The number of anilines is 1. The SMILES string of the molecule is C[C@H]1CCCCN1S(=O)(=O)c1cc2c3c(c1)CCN3C(=O)CC2. The van der Waals surface area contributed by atoms with Crippen LogP contribution in [0.15, 0.2) is 17.0 Å². The standard InChI is InChI=1S/C17H22N2O3S/c1-12-4-2-3-8-19(12)23(21,22)15-10-13-5-6-16(20)18-9-7-14(11-15)17(13)18/h10-12H,2-9H2,1H3/t12-/m0/s1. The minimum Gasteiger partial charge on any atom is -0.312 e. The van der Waals surface area contributed by atoms with Crippen molar-refractivity contribution < 1.29 is 13.2 Å². The molecular weight excluding hydrogens is 312 g/mol. The van der Waals surface area contributed by atoms with Gasteiger partial charge in [0.1, 0.15) is 0 Å². The fourth-order valence-corrected chi connectivity index (χ4v) is 5.94. The Kier molecular flexibility index (Phi) is 3.50. The molecule has 1 atom stereocenters. The number of carbonyl (C=O) groups excluding carboxylic acids is 1. The van der Waals surface area contributed by atoms with Crippen LogP contribution in [0.25, 0.3) is 0 Å². The lowest BCUT2D eigenvalue weighted by atomic mass is 10.00. The number of carbonyl (C=O) groups is 1. The van der Waals surface area contributed by atoms with Crippen molar-refractivity contribution in [3.05, 3.63) is 23.3 Å². The number of benzene rings is 1. The molecule has 4 rings (SSSR count). The van der Waals surface area contributed by atoms with Crippen molar-refractivity contribution in [3.63, 3.8) is 0 Å². The smallest absolute Gasteiger partial charge is 0.243 e. The largest absolute Gasteiger partial charge is 0.312 e. The van der Waals surface area contributed by atoms with E-state index in [4.69, 9.17) is 0 Å². The van der Waals surface area contributed by atoms with Gasteiger partial charge in [-0.3, -0.25) is 4.79 Å². The average Bonchev–Trinajstić information content (AvgIpc) is 2.96. The Labute approximate surface area is 137 Å². The highest BCUT2D eigenvalue weighted by Gasteiger charge is 2.36. The summed E-state index contributed by atoms with van der Waals surface area (Å²) in [6, 6.07) is 3.67. The minimum absolute atomic E-state index is 0.0661. The van der Waals surface area contributed by atoms with Crippen LogP contribution in [0.5, 0.6) is 0 Å². The van der Waals surface area contributed by atoms with E-state index in [0.717, 1.165) is 42.5 Å². The van der Waals surface area contributed by atoms with Gasteiger partial charge in [0.25, 0.3) is 0 Å². The zero-order valence-corrected chi connectivity index (χ0v) is 14.2. The molecule has 0 radical (unpaired) electrons. The second kappa shape index (κ2) is 5.31. The van der Waals surface area contributed by atoms with Gasteiger partial charge in [-0.05, 0) is 55.9 Å². The third-order valence-corrected chi connectivity index (χ3v) is 7.37. The molecule has 1 aromatic carbocycles. The number of sulfonamides is 1. The van der Waals surface area contributed by atoms with Crippen molar-refractivity contribution in [1.82, 2.24) is 4.31 Å². The monoisotopic (exact) mass is 334 g/mol. The Bertz CT molecular complexity index is 772. The highest BCUT2D eigenvalue weighted by Crippen LogP contribution is 2.39. The van der Waals surface area contributed by atoms with Crippen molar-refractivity contribution in [1.29, 1.82) is 0 Å². The Hall–Kier alpha value is -1.40. The zero-order valence-electron chi connectivity index (χ0n) is 13.4. The molecule has 0 unspecified atom stereocenters. The zero-order chi connectivity index (χ0) is 16.2. The molecule has 0 aliphatic carbocycles. The van der Waals surface area contributed by atoms with E-state index in [1.54, 1.807) is 16.4 Å². The Morgan fingerprint density at radius 2 is 1.78 bits per heavy atom. The third kappa shape index (κ3) is 2.31. The molecule has 6 heteroatoms. The maximum atomic E-state index is 13.1. The molecule has 0 aromatic heterocycles. The summed E-state index contributed by atoms with van der Waals surface area (Å²) in [5.41, 5.74) is 3.01. The van der Waals surface area contributed by atoms with Crippen LogP contribution in [0, 0.1) is 0 Å². The lowest BCUT2D eigenvalue weighted by Gasteiger charge is -2.33. The number of piperidine rings is 1. The van der Waals surface area contributed by atoms with Crippen molar-refractivity contribution in [3.8, 4) is 0 Å². The van der Waals surface area contributed by atoms with E-state index in [1.165, 1.54) is 0 Å². The first kappa shape index (κ1) is 15.1. The maximum Gasteiger partial charge on any atom is 0.243 e. The third-order valence-electron chi connectivity index (χ3n) is 5.37. The molecule has 23 heavy (non-hydrogen) atoms. The van der Waals surface area contributed by atoms with Gasteiger partial charge in [-0.2, -0.15) is 4.31 Å². The van der Waals surface area contributed by atoms with Crippen molar-refractivity contribution in [2.24, 2.45) is 0 Å². The molecule has 0 bridgehead atoms. The van der Waals surface area contributed by atoms with Crippen LogP contribution >= 0.6 is 0 Å². The minimum atomic E-state index is -3.44. The molecule has 1 fully saturated rings. The number of rotatable bonds is 2. The number of amides is 1. The normalized spacial score (nSPS) is 24.8. The first-order chi connectivity index (χ1) is 11.0. The second-order valence-corrected chi connectivity index (χ2v) is 8.74. The van der Waals surface area contributed by atoms with E-state index < -0.39 is 10.0 Å². The Morgan fingerprint density at radius 1 is 1.04 bits per heavy atom. The van der Waals surface area contributed by atoms with Gasteiger partial charge in [0.05, 0.1) is 10.6 Å². The lowest BCUT2D eigenvalue weighted by Crippen LogP contribution is -2.42. The van der Waals surface area contributed by atoms with Crippen LogP contribution in [0.1, 0.15) is 43.7 Å². The summed E-state index contributed by atoms with van der Waals surface area (Å²) in [4.78, 5) is 14.2. The first-order valence-electron chi connectivity index (χ1n) is 8.46. The molecule has 3 aliphatic heterocycles. The Morgan fingerprint density at radius 3 is 2.52 bits per heavy atom. The van der Waals surface area contributed by atoms with E-state index in [1.807, 2.05) is 11.8 Å².